The van der Waals surface area contributed by atoms with Gasteiger partial charge in [0.2, 0.25) is 0 Å². The number of pyridine rings is 1. The minimum atomic E-state index is 1.09. The Morgan fingerprint density at radius 1 is 1.29 bits per heavy atom. The van der Waals surface area contributed by atoms with Gasteiger partial charge in [-0.1, -0.05) is 0 Å². The summed E-state index contributed by atoms with van der Waals surface area (Å²) >= 11 is 0. The summed E-state index contributed by atoms with van der Waals surface area (Å²) in [6, 6.07) is 4.01. The lowest BCUT2D eigenvalue weighted by Crippen LogP contribution is -1.84. The second-order valence-corrected chi connectivity index (χ2v) is 3.62. The second kappa shape index (κ2) is 2.94. The Morgan fingerprint density at radius 2 is 2.29 bits per heavy atom. The molecule has 1 aliphatic rings. The van der Waals surface area contributed by atoms with Gasteiger partial charge in [-0.2, -0.15) is 5.10 Å². The van der Waals surface area contributed by atoms with Crippen LogP contribution in [-0.4, -0.2) is 15.2 Å². The summed E-state index contributed by atoms with van der Waals surface area (Å²) in [5.41, 5.74) is 4.90. The van der Waals surface area contributed by atoms with E-state index in [1.54, 1.807) is 6.20 Å². The van der Waals surface area contributed by atoms with E-state index in [-0.39, 0.29) is 0 Å². The van der Waals surface area contributed by atoms with Crippen molar-refractivity contribution in [3.8, 4) is 11.3 Å². The number of H-pyrrole nitrogens is 1. The number of rotatable bonds is 1. The second-order valence-electron chi connectivity index (χ2n) is 3.62. The van der Waals surface area contributed by atoms with Crippen molar-refractivity contribution in [3.05, 3.63) is 35.8 Å². The number of nitrogens with zero attached hydrogens (tertiary/aromatic N) is 2. The summed E-state index contributed by atoms with van der Waals surface area (Å²) in [6.45, 7) is 0. The molecule has 0 spiro atoms. The maximum Gasteiger partial charge on any atom is 0.0970 e. The van der Waals surface area contributed by atoms with E-state index in [9.17, 15) is 0 Å². The van der Waals surface area contributed by atoms with E-state index < -0.39 is 0 Å². The molecule has 0 bridgehead atoms. The quantitative estimate of drug-likeness (QED) is 0.737. The summed E-state index contributed by atoms with van der Waals surface area (Å²) in [5, 5.41) is 7.45. The van der Waals surface area contributed by atoms with Crippen LogP contribution in [0.1, 0.15) is 17.7 Å². The topological polar surface area (TPSA) is 41.6 Å². The zero-order valence-electron chi connectivity index (χ0n) is 7.83. The summed E-state index contributed by atoms with van der Waals surface area (Å²) in [4.78, 5) is 4.11. The molecule has 70 valence electrons. The molecule has 0 amide bonds. The van der Waals surface area contributed by atoms with Gasteiger partial charge in [-0.25, -0.2) is 0 Å². The van der Waals surface area contributed by atoms with Crippen LogP contribution in [0.3, 0.4) is 0 Å². The van der Waals surface area contributed by atoms with Crippen LogP contribution in [0.25, 0.3) is 11.3 Å². The summed E-state index contributed by atoms with van der Waals surface area (Å²) in [5.74, 6) is 0. The molecule has 0 saturated heterocycles. The molecule has 3 nitrogen and oxygen atoms in total. The number of fused-ring (bicyclic) bond motifs is 1. The van der Waals surface area contributed by atoms with Crippen molar-refractivity contribution in [2.45, 2.75) is 19.3 Å². The van der Waals surface area contributed by atoms with Gasteiger partial charge >= 0.3 is 0 Å². The molecular formula is C11H11N3. The largest absolute Gasteiger partial charge is 0.282 e. The highest BCUT2D eigenvalue weighted by Gasteiger charge is 2.18. The number of nitrogens with one attached hydrogen (secondary N) is 1. The molecule has 3 heteroatoms. The first kappa shape index (κ1) is 7.74. The molecule has 0 unspecified atom stereocenters. The minimum Gasteiger partial charge on any atom is -0.282 e. The molecule has 0 saturated carbocycles. The Morgan fingerprint density at radius 3 is 3.14 bits per heavy atom. The number of hydrogen-bond acceptors (Lipinski definition) is 2. The SMILES string of the molecule is c1cncc(-c2n[nH]c3c2CCC3)c1. The first-order valence-corrected chi connectivity index (χ1v) is 4.91. The van der Waals surface area contributed by atoms with Gasteiger partial charge in [0.25, 0.3) is 0 Å². The normalized spacial score (nSPS) is 14.3. The predicted molar refractivity (Wildman–Crippen MR) is 53.8 cm³/mol. The van der Waals surface area contributed by atoms with Crippen LogP contribution in [0.5, 0.6) is 0 Å². The summed E-state index contributed by atoms with van der Waals surface area (Å²) in [7, 11) is 0. The third-order valence-corrected chi connectivity index (χ3v) is 2.74. The minimum absolute atomic E-state index is 1.09. The molecule has 14 heavy (non-hydrogen) atoms. The van der Waals surface area contributed by atoms with E-state index in [2.05, 4.69) is 21.2 Å². The fourth-order valence-electron chi connectivity index (χ4n) is 2.06. The summed E-state index contributed by atoms with van der Waals surface area (Å²) in [6.07, 6.45) is 7.20. The maximum absolute atomic E-state index is 4.34. The number of aryl methyl sites for hydroxylation is 1. The number of aromatic nitrogens is 3. The predicted octanol–water partition coefficient (Wildman–Crippen LogP) is 1.96. The highest BCUT2D eigenvalue weighted by molar-refractivity contribution is 5.63. The van der Waals surface area contributed by atoms with Crippen molar-refractivity contribution < 1.29 is 0 Å². The van der Waals surface area contributed by atoms with Gasteiger partial charge in [0.15, 0.2) is 0 Å². The standard InChI is InChI=1S/C11H11N3/c1-4-9-10(5-1)13-14-11(9)8-3-2-6-12-7-8/h2-3,6-7H,1,4-5H2,(H,13,14). The van der Waals surface area contributed by atoms with Crippen LogP contribution < -0.4 is 0 Å². The monoisotopic (exact) mass is 185 g/mol. The lowest BCUT2D eigenvalue weighted by Gasteiger charge is -1.97. The molecule has 0 atom stereocenters. The van der Waals surface area contributed by atoms with Crippen LogP contribution in [0.2, 0.25) is 0 Å². The van der Waals surface area contributed by atoms with Crippen LogP contribution in [0.15, 0.2) is 24.5 Å². The Hall–Kier alpha value is -1.64. The molecule has 0 fully saturated rings. The van der Waals surface area contributed by atoms with E-state index in [0.717, 1.165) is 24.1 Å². The number of aromatic amines is 1. The zero-order chi connectivity index (χ0) is 9.38. The van der Waals surface area contributed by atoms with Gasteiger partial charge in [-0.15, -0.1) is 0 Å². The molecular weight excluding hydrogens is 174 g/mol. The fraction of sp³-hybridized carbons (Fsp3) is 0.273. The Kier molecular flexibility index (Phi) is 1.63. The van der Waals surface area contributed by atoms with Crippen molar-refractivity contribution in [1.82, 2.24) is 15.2 Å². The lowest BCUT2D eigenvalue weighted by atomic mass is 10.1. The van der Waals surface area contributed by atoms with Crippen molar-refractivity contribution in [1.29, 1.82) is 0 Å². The van der Waals surface area contributed by atoms with Crippen molar-refractivity contribution in [2.24, 2.45) is 0 Å². The van der Waals surface area contributed by atoms with Crippen LogP contribution in [0, 0.1) is 0 Å². The molecule has 0 radical (unpaired) electrons. The lowest BCUT2D eigenvalue weighted by molar-refractivity contribution is 0.866. The average Bonchev–Trinajstić information content (AvgIpc) is 2.79. The molecule has 1 N–H and O–H groups in total. The van der Waals surface area contributed by atoms with Gasteiger partial charge < -0.3 is 0 Å². The molecule has 2 aromatic heterocycles. The van der Waals surface area contributed by atoms with Gasteiger partial charge in [0.1, 0.15) is 0 Å². The third kappa shape index (κ3) is 1.05. The first-order chi connectivity index (χ1) is 6.95. The zero-order valence-corrected chi connectivity index (χ0v) is 7.83. The molecule has 2 aromatic rings. The molecule has 1 aliphatic carbocycles. The number of hydrogen-bond donors (Lipinski definition) is 1. The van der Waals surface area contributed by atoms with E-state index in [1.165, 1.54) is 17.7 Å². The highest BCUT2D eigenvalue weighted by Crippen LogP contribution is 2.29. The fourth-order valence-corrected chi connectivity index (χ4v) is 2.06. The highest BCUT2D eigenvalue weighted by atomic mass is 15.1. The van der Waals surface area contributed by atoms with Crippen molar-refractivity contribution >= 4 is 0 Å². The Balaban J connectivity index is 2.13. The Bertz CT molecular complexity index is 445. The van der Waals surface area contributed by atoms with Crippen LogP contribution in [0.4, 0.5) is 0 Å². The molecule has 0 aliphatic heterocycles. The van der Waals surface area contributed by atoms with E-state index in [1.807, 2.05) is 12.3 Å². The van der Waals surface area contributed by atoms with Crippen molar-refractivity contribution in [3.63, 3.8) is 0 Å². The summed E-state index contributed by atoms with van der Waals surface area (Å²) < 4.78 is 0. The molecule has 3 rings (SSSR count). The van der Waals surface area contributed by atoms with E-state index in [0.29, 0.717) is 0 Å². The average molecular weight is 185 g/mol. The van der Waals surface area contributed by atoms with E-state index in [4.69, 9.17) is 0 Å². The van der Waals surface area contributed by atoms with Gasteiger partial charge in [0.05, 0.1) is 5.69 Å². The van der Waals surface area contributed by atoms with Gasteiger partial charge in [0, 0.05) is 29.2 Å². The van der Waals surface area contributed by atoms with Gasteiger partial charge in [-0.05, 0) is 31.4 Å². The smallest absolute Gasteiger partial charge is 0.0970 e. The first-order valence-electron chi connectivity index (χ1n) is 4.91. The van der Waals surface area contributed by atoms with Gasteiger partial charge in [-0.3, -0.25) is 10.1 Å². The third-order valence-electron chi connectivity index (χ3n) is 2.74. The van der Waals surface area contributed by atoms with E-state index >= 15 is 0 Å². The Labute approximate surface area is 82.2 Å². The van der Waals surface area contributed by atoms with Crippen molar-refractivity contribution in [2.75, 3.05) is 0 Å². The molecule has 2 heterocycles. The molecule has 0 aromatic carbocycles. The van der Waals surface area contributed by atoms with Crippen LogP contribution in [-0.2, 0) is 12.8 Å². The van der Waals surface area contributed by atoms with Crippen LogP contribution >= 0.6 is 0 Å². The maximum atomic E-state index is 4.34.